The normalized spacial score (nSPS) is 11.9. The summed E-state index contributed by atoms with van der Waals surface area (Å²) in [6.45, 7) is 2.49. The second-order valence-corrected chi connectivity index (χ2v) is 6.69. The smallest absolute Gasteiger partial charge is 0.175 e. The third kappa shape index (κ3) is 4.51. The molecule has 110 valence electrons. The van der Waals surface area contributed by atoms with E-state index < -0.39 is 10.8 Å². The van der Waals surface area contributed by atoms with E-state index >= 15 is 0 Å². The number of hydrogen-bond acceptors (Lipinski definition) is 3. The topological polar surface area (TPSA) is 43.4 Å². The molecule has 2 rings (SSSR count). The molecule has 0 heterocycles. The Kier molecular flexibility index (Phi) is 5.70. The van der Waals surface area contributed by atoms with E-state index in [0.29, 0.717) is 17.1 Å². The molecule has 0 bridgehead atoms. The molecule has 3 nitrogen and oxygen atoms in total. The monoisotopic (exact) mass is 366 g/mol. The largest absolute Gasteiger partial charge is 0.494 e. The molecule has 0 saturated heterocycles. The van der Waals surface area contributed by atoms with Gasteiger partial charge in [0.25, 0.3) is 0 Å². The van der Waals surface area contributed by atoms with E-state index in [4.69, 9.17) is 4.74 Å². The first kappa shape index (κ1) is 15.9. The highest BCUT2D eigenvalue weighted by Gasteiger charge is 2.12. The Morgan fingerprint density at radius 1 is 1.19 bits per heavy atom. The molecule has 21 heavy (non-hydrogen) atoms. The molecule has 1 unspecified atom stereocenters. The van der Waals surface area contributed by atoms with Gasteiger partial charge in [-0.3, -0.25) is 9.00 Å². The van der Waals surface area contributed by atoms with Gasteiger partial charge in [0.1, 0.15) is 5.75 Å². The summed E-state index contributed by atoms with van der Waals surface area (Å²) in [7, 11) is -1.34. The van der Waals surface area contributed by atoms with Crippen LogP contribution in [0.5, 0.6) is 5.75 Å². The maximum atomic E-state index is 12.2. The number of benzene rings is 2. The van der Waals surface area contributed by atoms with Crippen LogP contribution >= 0.6 is 15.9 Å². The number of carbonyl (C=O) groups is 1. The quantitative estimate of drug-likeness (QED) is 0.729. The van der Waals surface area contributed by atoms with Gasteiger partial charge in [0.05, 0.1) is 23.2 Å². The van der Waals surface area contributed by atoms with E-state index in [-0.39, 0.29) is 11.5 Å². The first-order chi connectivity index (χ1) is 10.1. The van der Waals surface area contributed by atoms with E-state index in [1.165, 1.54) is 0 Å². The predicted octanol–water partition coefficient (Wildman–Crippen LogP) is 3.84. The average molecular weight is 367 g/mol. The number of ketones is 1. The molecule has 1 atom stereocenters. The molecule has 0 aromatic heterocycles. The summed E-state index contributed by atoms with van der Waals surface area (Å²) in [6.07, 6.45) is 0. The van der Waals surface area contributed by atoms with Crippen molar-refractivity contribution >= 4 is 32.5 Å². The van der Waals surface area contributed by atoms with Crippen LogP contribution in [0.25, 0.3) is 0 Å². The van der Waals surface area contributed by atoms with E-state index in [9.17, 15) is 9.00 Å². The van der Waals surface area contributed by atoms with E-state index in [1.807, 2.05) is 13.0 Å². The zero-order valence-electron chi connectivity index (χ0n) is 11.5. The van der Waals surface area contributed by atoms with Crippen LogP contribution < -0.4 is 4.74 Å². The van der Waals surface area contributed by atoms with Crippen molar-refractivity contribution in [2.45, 2.75) is 11.8 Å². The third-order valence-corrected chi connectivity index (χ3v) is 4.61. The van der Waals surface area contributed by atoms with Crippen molar-refractivity contribution in [1.29, 1.82) is 0 Å². The van der Waals surface area contributed by atoms with Crippen LogP contribution in [0.2, 0.25) is 0 Å². The summed E-state index contributed by atoms with van der Waals surface area (Å²) in [5.74, 6) is 0.559. The zero-order valence-corrected chi connectivity index (χ0v) is 13.9. The molecule has 2 aromatic carbocycles. The van der Waals surface area contributed by atoms with Crippen molar-refractivity contribution in [1.82, 2.24) is 0 Å². The maximum absolute atomic E-state index is 12.2. The molecule has 0 spiro atoms. The first-order valence-electron chi connectivity index (χ1n) is 6.50. The Bertz CT molecular complexity index is 653. The molecule has 0 fully saturated rings. The average Bonchev–Trinajstić information content (AvgIpc) is 2.48. The number of halogens is 1. The molecule has 0 saturated carbocycles. The van der Waals surface area contributed by atoms with Gasteiger partial charge in [0.15, 0.2) is 5.78 Å². The maximum Gasteiger partial charge on any atom is 0.175 e. The van der Waals surface area contributed by atoms with E-state index in [2.05, 4.69) is 15.9 Å². The Morgan fingerprint density at radius 3 is 2.52 bits per heavy atom. The summed E-state index contributed by atoms with van der Waals surface area (Å²) >= 11 is 3.33. The van der Waals surface area contributed by atoms with Crippen LogP contribution in [0.4, 0.5) is 0 Å². The zero-order chi connectivity index (χ0) is 15.2. The molecule has 5 heteroatoms. The summed E-state index contributed by atoms with van der Waals surface area (Å²) in [5, 5.41) is 0. The fraction of sp³-hybridized carbons (Fsp3) is 0.188. The van der Waals surface area contributed by atoms with Gasteiger partial charge >= 0.3 is 0 Å². The molecule has 0 amide bonds. The molecular formula is C16H15BrO3S. The Labute approximate surface area is 134 Å². The first-order valence-corrected chi connectivity index (χ1v) is 8.61. The van der Waals surface area contributed by atoms with E-state index in [1.54, 1.807) is 42.5 Å². The van der Waals surface area contributed by atoms with Crippen molar-refractivity contribution in [3.05, 3.63) is 58.6 Å². The fourth-order valence-corrected chi connectivity index (χ4v) is 3.41. The van der Waals surface area contributed by atoms with Crippen molar-refractivity contribution in [3.8, 4) is 5.75 Å². The third-order valence-electron chi connectivity index (χ3n) is 2.81. The minimum Gasteiger partial charge on any atom is -0.494 e. The summed E-state index contributed by atoms with van der Waals surface area (Å²) < 4.78 is 18.4. The Morgan fingerprint density at radius 2 is 1.90 bits per heavy atom. The van der Waals surface area contributed by atoms with Crippen LogP contribution in [0.1, 0.15) is 17.3 Å². The number of rotatable bonds is 6. The minimum atomic E-state index is -1.34. The van der Waals surface area contributed by atoms with Crippen molar-refractivity contribution < 1.29 is 13.7 Å². The lowest BCUT2D eigenvalue weighted by atomic mass is 10.1. The van der Waals surface area contributed by atoms with Crippen molar-refractivity contribution in [2.75, 3.05) is 12.4 Å². The lowest BCUT2D eigenvalue weighted by molar-refractivity contribution is 0.102. The molecule has 0 radical (unpaired) electrons. The minimum absolute atomic E-state index is 0.0234. The highest BCUT2D eigenvalue weighted by Crippen LogP contribution is 2.17. The highest BCUT2D eigenvalue weighted by atomic mass is 79.9. The summed E-state index contributed by atoms with van der Waals surface area (Å²) in [6, 6.07) is 14.1. The lowest BCUT2D eigenvalue weighted by Crippen LogP contribution is -2.11. The number of hydrogen-bond donors (Lipinski definition) is 0. The van der Waals surface area contributed by atoms with Gasteiger partial charge in [0.2, 0.25) is 0 Å². The highest BCUT2D eigenvalue weighted by molar-refractivity contribution is 9.10. The summed E-state index contributed by atoms with van der Waals surface area (Å²) in [5.41, 5.74) is 0.543. The van der Waals surface area contributed by atoms with Crippen LogP contribution in [-0.2, 0) is 10.8 Å². The van der Waals surface area contributed by atoms with Crippen LogP contribution in [0, 0.1) is 0 Å². The summed E-state index contributed by atoms with van der Waals surface area (Å²) in [4.78, 5) is 12.8. The van der Waals surface area contributed by atoms with Gasteiger partial charge in [0, 0.05) is 14.9 Å². The molecule has 0 aliphatic heterocycles. The van der Waals surface area contributed by atoms with Gasteiger partial charge in [-0.1, -0.05) is 22.0 Å². The number of carbonyl (C=O) groups excluding carboxylic acids is 1. The van der Waals surface area contributed by atoms with E-state index in [0.717, 1.165) is 10.2 Å². The molecule has 0 N–H and O–H groups in total. The van der Waals surface area contributed by atoms with Gasteiger partial charge < -0.3 is 4.74 Å². The molecule has 0 aliphatic rings. The standard InChI is InChI=1S/C16H15BrO3S/c1-2-20-14-8-6-12(7-9-14)16(18)11-21(19)15-5-3-4-13(17)10-15/h3-10H,2,11H2,1H3. The van der Waals surface area contributed by atoms with Crippen molar-refractivity contribution in [2.24, 2.45) is 0 Å². The SMILES string of the molecule is CCOc1ccc(C(=O)CS(=O)c2cccc(Br)c2)cc1. The fourth-order valence-electron chi connectivity index (χ4n) is 1.80. The molecular weight excluding hydrogens is 352 g/mol. The van der Waals surface area contributed by atoms with Gasteiger partial charge in [-0.25, -0.2) is 0 Å². The second-order valence-electron chi connectivity index (χ2n) is 4.33. The van der Waals surface area contributed by atoms with Gasteiger partial charge in [-0.05, 0) is 49.4 Å². The van der Waals surface area contributed by atoms with Crippen LogP contribution in [0.3, 0.4) is 0 Å². The van der Waals surface area contributed by atoms with Crippen molar-refractivity contribution in [3.63, 3.8) is 0 Å². The Hall–Kier alpha value is -1.46. The lowest BCUT2D eigenvalue weighted by Gasteiger charge is -2.05. The molecule has 0 aliphatic carbocycles. The predicted molar refractivity (Wildman–Crippen MR) is 87.4 cm³/mol. The number of ether oxygens (including phenoxy) is 1. The Balaban J connectivity index is 2.05. The molecule has 2 aromatic rings. The van der Waals surface area contributed by atoms with Gasteiger partial charge in [-0.15, -0.1) is 0 Å². The van der Waals surface area contributed by atoms with Crippen LogP contribution in [0.15, 0.2) is 57.9 Å². The number of Topliss-reactive ketones (excluding diaryl/α,β-unsaturated/α-hetero) is 1. The second kappa shape index (κ2) is 7.52. The van der Waals surface area contributed by atoms with Gasteiger partial charge in [-0.2, -0.15) is 0 Å². The van der Waals surface area contributed by atoms with Crippen LogP contribution in [-0.4, -0.2) is 22.4 Å².